The van der Waals surface area contributed by atoms with Crippen LogP contribution in [0.1, 0.15) is 26.7 Å². The first-order chi connectivity index (χ1) is 5.22. The smallest absolute Gasteiger partial charge is 0.00913 e. The fourth-order valence-electron chi connectivity index (χ4n) is 1.77. The van der Waals surface area contributed by atoms with Crippen molar-refractivity contribution in [2.75, 3.05) is 13.1 Å². The highest BCUT2D eigenvalue weighted by molar-refractivity contribution is 4.79. The fraction of sp³-hybridized carbons (Fsp3) is 1.00. The molecule has 1 heterocycles. The van der Waals surface area contributed by atoms with Crippen LogP contribution in [0.15, 0.2) is 0 Å². The van der Waals surface area contributed by atoms with Gasteiger partial charge in [-0.15, -0.1) is 0 Å². The van der Waals surface area contributed by atoms with Gasteiger partial charge in [0.05, 0.1) is 0 Å². The Labute approximate surface area is 69.5 Å². The van der Waals surface area contributed by atoms with Crippen LogP contribution in [0.5, 0.6) is 0 Å². The zero-order chi connectivity index (χ0) is 8.27. The van der Waals surface area contributed by atoms with E-state index in [4.69, 9.17) is 5.73 Å². The van der Waals surface area contributed by atoms with Crippen molar-refractivity contribution in [3.63, 3.8) is 0 Å². The lowest BCUT2D eigenvalue weighted by Crippen LogP contribution is -2.41. The van der Waals surface area contributed by atoms with Crippen molar-refractivity contribution in [3.05, 3.63) is 0 Å². The van der Waals surface area contributed by atoms with Gasteiger partial charge in [0.25, 0.3) is 0 Å². The average Bonchev–Trinajstić information content (AvgIpc) is 2.05. The van der Waals surface area contributed by atoms with E-state index < -0.39 is 0 Å². The van der Waals surface area contributed by atoms with Gasteiger partial charge in [-0.25, -0.2) is 0 Å². The monoisotopic (exact) mass is 156 g/mol. The lowest BCUT2D eigenvalue weighted by molar-refractivity contribution is 0.273. The summed E-state index contributed by atoms with van der Waals surface area (Å²) in [6, 6.07) is 0.414. The van der Waals surface area contributed by atoms with Gasteiger partial charge in [0.15, 0.2) is 0 Å². The average molecular weight is 156 g/mol. The molecule has 0 saturated carbocycles. The Kier molecular flexibility index (Phi) is 3.34. The molecule has 0 aromatic rings. The predicted octanol–water partition coefficient (Wildman–Crippen LogP) is 0.969. The molecule has 0 amide bonds. The van der Waals surface area contributed by atoms with Gasteiger partial charge >= 0.3 is 0 Å². The number of nitrogens with two attached hydrogens (primary N) is 1. The first kappa shape index (κ1) is 9.01. The molecule has 11 heavy (non-hydrogen) atoms. The van der Waals surface area contributed by atoms with Crippen molar-refractivity contribution in [2.24, 2.45) is 17.6 Å². The second-order valence-electron chi connectivity index (χ2n) is 3.91. The van der Waals surface area contributed by atoms with E-state index >= 15 is 0 Å². The van der Waals surface area contributed by atoms with Crippen molar-refractivity contribution in [3.8, 4) is 0 Å². The first-order valence-corrected chi connectivity index (χ1v) is 4.68. The maximum absolute atomic E-state index is 6.06. The first-order valence-electron chi connectivity index (χ1n) is 4.68. The van der Waals surface area contributed by atoms with Crippen LogP contribution >= 0.6 is 0 Å². The molecule has 2 nitrogen and oxygen atoms in total. The molecule has 1 aliphatic rings. The lowest BCUT2D eigenvalue weighted by Gasteiger charge is -2.30. The Bertz CT molecular complexity index is 106. The zero-order valence-corrected chi connectivity index (χ0v) is 7.64. The molecule has 0 aromatic carbocycles. The topological polar surface area (TPSA) is 38.0 Å². The Morgan fingerprint density at radius 2 is 1.82 bits per heavy atom. The Hall–Kier alpha value is -0.0800. The van der Waals surface area contributed by atoms with Gasteiger partial charge in [0, 0.05) is 6.04 Å². The van der Waals surface area contributed by atoms with Crippen LogP contribution in [0.3, 0.4) is 0 Å². The zero-order valence-electron chi connectivity index (χ0n) is 7.64. The second-order valence-corrected chi connectivity index (χ2v) is 3.91. The summed E-state index contributed by atoms with van der Waals surface area (Å²) < 4.78 is 0. The molecular weight excluding hydrogens is 136 g/mol. The van der Waals surface area contributed by atoms with E-state index in [-0.39, 0.29) is 0 Å². The van der Waals surface area contributed by atoms with E-state index in [9.17, 15) is 0 Å². The van der Waals surface area contributed by atoms with Crippen LogP contribution in [0, 0.1) is 11.8 Å². The van der Waals surface area contributed by atoms with Crippen LogP contribution in [0.2, 0.25) is 0 Å². The summed E-state index contributed by atoms with van der Waals surface area (Å²) >= 11 is 0. The molecule has 66 valence electrons. The van der Waals surface area contributed by atoms with Crippen molar-refractivity contribution in [2.45, 2.75) is 32.7 Å². The van der Waals surface area contributed by atoms with Crippen molar-refractivity contribution < 1.29 is 0 Å². The van der Waals surface area contributed by atoms with Crippen LogP contribution in [-0.2, 0) is 0 Å². The summed E-state index contributed by atoms with van der Waals surface area (Å²) in [5.41, 5.74) is 6.06. The lowest BCUT2D eigenvalue weighted by atomic mass is 9.85. The van der Waals surface area contributed by atoms with Gasteiger partial charge in [-0.05, 0) is 37.8 Å². The van der Waals surface area contributed by atoms with Gasteiger partial charge < -0.3 is 11.1 Å². The summed E-state index contributed by atoms with van der Waals surface area (Å²) in [7, 11) is 0. The Morgan fingerprint density at radius 3 is 2.27 bits per heavy atom. The molecule has 2 heteroatoms. The van der Waals surface area contributed by atoms with Gasteiger partial charge in [0.2, 0.25) is 0 Å². The molecule has 1 rings (SSSR count). The minimum Gasteiger partial charge on any atom is -0.327 e. The van der Waals surface area contributed by atoms with Crippen LogP contribution < -0.4 is 11.1 Å². The highest BCUT2D eigenvalue weighted by Crippen LogP contribution is 2.19. The summed E-state index contributed by atoms with van der Waals surface area (Å²) in [6.45, 7) is 6.75. The molecule has 1 aliphatic heterocycles. The number of piperidine rings is 1. The minimum atomic E-state index is 0.414. The highest BCUT2D eigenvalue weighted by atomic mass is 14.9. The molecule has 0 aliphatic carbocycles. The van der Waals surface area contributed by atoms with Gasteiger partial charge in [0.1, 0.15) is 0 Å². The molecule has 0 spiro atoms. The molecule has 1 saturated heterocycles. The summed E-state index contributed by atoms with van der Waals surface area (Å²) in [4.78, 5) is 0. The molecule has 0 unspecified atom stereocenters. The van der Waals surface area contributed by atoms with Crippen molar-refractivity contribution in [1.82, 2.24) is 5.32 Å². The van der Waals surface area contributed by atoms with E-state index in [0.29, 0.717) is 12.0 Å². The van der Waals surface area contributed by atoms with Crippen LogP contribution in [-0.4, -0.2) is 19.1 Å². The molecule has 0 radical (unpaired) electrons. The third kappa shape index (κ3) is 2.46. The largest absolute Gasteiger partial charge is 0.327 e. The normalized spacial score (nSPS) is 24.0. The van der Waals surface area contributed by atoms with Gasteiger partial charge in [-0.1, -0.05) is 13.8 Å². The molecule has 1 atom stereocenters. The quantitative estimate of drug-likeness (QED) is 0.625. The van der Waals surface area contributed by atoms with Crippen molar-refractivity contribution in [1.29, 1.82) is 0 Å². The summed E-state index contributed by atoms with van der Waals surface area (Å²) in [5, 5.41) is 3.35. The maximum atomic E-state index is 6.06. The van der Waals surface area contributed by atoms with E-state index in [1.807, 2.05) is 0 Å². The SMILES string of the molecule is CC(C)[C@@H](N)C1CCNCC1. The predicted molar refractivity (Wildman–Crippen MR) is 48.4 cm³/mol. The van der Waals surface area contributed by atoms with Crippen molar-refractivity contribution >= 4 is 0 Å². The standard InChI is InChI=1S/C9H20N2/c1-7(2)9(10)8-3-5-11-6-4-8/h7-9,11H,3-6,10H2,1-2H3/t9-/m1/s1. The molecule has 1 fully saturated rings. The van der Waals surface area contributed by atoms with E-state index in [1.54, 1.807) is 0 Å². The van der Waals surface area contributed by atoms with E-state index in [1.165, 1.54) is 12.8 Å². The van der Waals surface area contributed by atoms with Gasteiger partial charge in [-0.3, -0.25) is 0 Å². The highest BCUT2D eigenvalue weighted by Gasteiger charge is 2.21. The molecule has 0 bridgehead atoms. The van der Waals surface area contributed by atoms with E-state index in [0.717, 1.165) is 19.0 Å². The fourth-order valence-corrected chi connectivity index (χ4v) is 1.77. The Balaban J connectivity index is 2.32. The number of hydrogen-bond donors (Lipinski definition) is 2. The molecule has 0 aromatic heterocycles. The molecule has 3 N–H and O–H groups in total. The Morgan fingerprint density at radius 1 is 1.27 bits per heavy atom. The molecular formula is C9H20N2. The second kappa shape index (κ2) is 4.07. The summed E-state index contributed by atoms with van der Waals surface area (Å²) in [5.74, 6) is 1.40. The minimum absolute atomic E-state index is 0.414. The number of rotatable bonds is 2. The number of hydrogen-bond acceptors (Lipinski definition) is 2. The van der Waals surface area contributed by atoms with Crippen LogP contribution in [0.4, 0.5) is 0 Å². The third-order valence-corrected chi connectivity index (χ3v) is 2.70. The maximum Gasteiger partial charge on any atom is 0.00913 e. The number of nitrogens with one attached hydrogen (secondary N) is 1. The van der Waals surface area contributed by atoms with Gasteiger partial charge in [-0.2, -0.15) is 0 Å². The summed E-state index contributed by atoms with van der Waals surface area (Å²) in [6.07, 6.45) is 2.53. The third-order valence-electron chi connectivity index (χ3n) is 2.70. The van der Waals surface area contributed by atoms with E-state index in [2.05, 4.69) is 19.2 Å². The van der Waals surface area contributed by atoms with Crippen LogP contribution in [0.25, 0.3) is 0 Å².